The van der Waals surface area contributed by atoms with Crippen molar-refractivity contribution in [3.8, 4) is 0 Å². The molecule has 0 aromatic heterocycles. The van der Waals surface area contributed by atoms with E-state index in [9.17, 15) is 29.1 Å². The number of carboxylic acid groups (broad SMARTS) is 1. The molecule has 10 nitrogen and oxygen atoms in total. The number of rotatable bonds is 6. The summed E-state index contributed by atoms with van der Waals surface area (Å²) in [6.45, 7) is 0.0618. The fourth-order valence-corrected chi connectivity index (χ4v) is 4.47. The number of primary amides is 1. The first-order valence-corrected chi connectivity index (χ1v) is 9.12. The van der Waals surface area contributed by atoms with Gasteiger partial charge in [0.05, 0.1) is 13.0 Å². The molecule has 2 aliphatic heterocycles. The van der Waals surface area contributed by atoms with Gasteiger partial charge in [-0.25, -0.2) is 4.79 Å². The number of hydrogen-bond acceptors (Lipinski definition) is 5. The zero-order valence-corrected chi connectivity index (χ0v) is 15.1. The highest BCUT2D eigenvalue weighted by Gasteiger charge is 2.49. The van der Waals surface area contributed by atoms with Crippen molar-refractivity contribution in [1.82, 2.24) is 14.7 Å². The van der Waals surface area contributed by atoms with Crippen molar-refractivity contribution in [3.05, 3.63) is 0 Å². The van der Waals surface area contributed by atoms with Crippen molar-refractivity contribution in [2.24, 2.45) is 11.1 Å². The number of carboxylic acids is 1. The van der Waals surface area contributed by atoms with Gasteiger partial charge in [0.15, 0.2) is 0 Å². The van der Waals surface area contributed by atoms with Crippen LogP contribution in [-0.4, -0.2) is 81.7 Å². The van der Waals surface area contributed by atoms with Crippen LogP contribution in [0.1, 0.15) is 38.5 Å². The summed E-state index contributed by atoms with van der Waals surface area (Å²) in [6.07, 6.45) is 3.33. The molecule has 5 amide bonds. The summed E-state index contributed by atoms with van der Waals surface area (Å²) in [5.74, 6) is -2.40. The third-order valence-corrected chi connectivity index (χ3v) is 5.79. The van der Waals surface area contributed by atoms with E-state index in [4.69, 9.17) is 5.73 Å². The molecule has 0 spiro atoms. The van der Waals surface area contributed by atoms with Crippen molar-refractivity contribution in [2.45, 2.75) is 44.6 Å². The Morgan fingerprint density at radius 1 is 1.11 bits per heavy atom. The van der Waals surface area contributed by atoms with Crippen LogP contribution in [0.3, 0.4) is 0 Å². The van der Waals surface area contributed by atoms with Crippen LogP contribution in [0.25, 0.3) is 0 Å². The van der Waals surface area contributed by atoms with E-state index in [1.807, 2.05) is 0 Å². The third-order valence-electron chi connectivity index (χ3n) is 5.79. The molecular weight excluding hydrogens is 356 g/mol. The average molecular weight is 380 g/mol. The van der Waals surface area contributed by atoms with Gasteiger partial charge < -0.3 is 20.6 Å². The van der Waals surface area contributed by atoms with Crippen LogP contribution in [0.2, 0.25) is 0 Å². The Balaban J connectivity index is 1.67. The predicted molar refractivity (Wildman–Crippen MR) is 91.1 cm³/mol. The number of amides is 5. The molecule has 0 radical (unpaired) electrons. The highest BCUT2D eigenvalue weighted by molar-refractivity contribution is 6.06. The number of carbonyl (C=O) groups is 5. The molecule has 27 heavy (non-hydrogen) atoms. The van der Waals surface area contributed by atoms with Crippen molar-refractivity contribution in [1.29, 1.82) is 0 Å². The van der Waals surface area contributed by atoms with Gasteiger partial charge in [-0.15, -0.1) is 0 Å². The zero-order valence-electron chi connectivity index (χ0n) is 15.1. The maximum Gasteiger partial charge on any atom is 0.328 e. The summed E-state index contributed by atoms with van der Waals surface area (Å²) in [5, 5.41) is 9.19. The second kappa shape index (κ2) is 7.16. The first-order chi connectivity index (χ1) is 12.7. The molecule has 2 saturated heterocycles. The Morgan fingerprint density at radius 3 is 2.37 bits per heavy atom. The molecule has 10 heteroatoms. The van der Waals surface area contributed by atoms with Gasteiger partial charge in [-0.2, -0.15) is 0 Å². The number of urea groups is 1. The van der Waals surface area contributed by atoms with E-state index in [-0.39, 0.29) is 38.4 Å². The number of piperazine rings is 1. The Hall–Kier alpha value is -2.65. The van der Waals surface area contributed by atoms with Crippen LogP contribution in [0.15, 0.2) is 0 Å². The number of nitrogens with zero attached hydrogens (tertiary/aromatic N) is 3. The van der Waals surface area contributed by atoms with Gasteiger partial charge in [0, 0.05) is 19.5 Å². The highest BCUT2D eigenvalue weighted by Crippen LogP contribution is 2.44. The molecule has 0 bridgehead atoms. The Labute approximate surface area is 156 Å². The molecule has 148 valence electrons. The molecule has 0 unspecified atom stereocenters. The largest absolute Gasteiger partial charge is 0.481 e. The zero-order chi connectivity index (χ0) is 19.8. The minimum absolute atomic E-state index is 0.0358. The van der Waals surface area contributed by atoms with E-state index in [1.165, 1.54) is 9.80 Å². The number of aliphatic carboxylic acids is 1. The van der Waals surface area contributed by atoms with Gasteiger partial charge in [-0.05, 0) is 18.3 Å². The Bertz CT molecular complexity index is 687. The fraction of sp³-hybridized carbons (Fsp3) is 0.706. The van der Waals surface area contributed by atoms with Crippen LogP contribution in [0.4, 0.5) is 4.79 Å². The molecule has 2 heterocycles. The van der Waals surface area contributed by atoms with Crippen LogP contribution < -0.4 is 5.73 Å². The predicted octanol–water partition coefficient (Wildman–Crippen LogP) is -0.628. The van der Waals surface area contributed by atoms with Crippen molar-refractivity contribution >= 4 is 29.7 Å². The second-order valence-electron chi connectivity index (χ2n) is 7.68. The van der Waals surface area contributed by atoms with Crippen molar-refractivity contribution in [2.75, 3.05) is 26.2 Å². The van der Waals surface area contributed by atoms with E-state index < -0.39 is 41.8 Å². The molecule has 3 aliphatic rings. The lowest BCUT2D eigenvalue weighted by Gasteiger charge is -2.37. The van der Waals surface area contributed by atoms with E-state index in [0.29, 0.717) is 12.8 Å². The molecule has 0 aromatic rings. The lowest BCUT2D eigenvalue weighted by Crippen LogP contribution is -2.55. The standard InChI is InChI=1S/C17H24N4O6/c18-12(22)10-21-15(26)11-9-19(5-6-20(11)16(21)27)13(23)7-17(8-14(24)25)3-1-2-4-17/h11H,1-10H2,(H2,18,22)(H,24,25)/t11-/m0/s1. The fourth-order valence-electron chi connectivity index (χ4n) is 4.47. The maximum absolute atomic E-state index is 12.8. The van der Waals surface area contributed by atoms with Gasteiger partial charge in [0.2, 0.25) is 11.8 Å². The lowest BCUT2D eigenvalue weighted by molar-refractivity contribution is -0.142. The lowest BCUT2D eigenvalue weighted by atomic mass is 9.79. The number of imide groups is 1. The molecular formula is C17H24N4O6. The summed E-state index contributed by atoms with van der Waals surface area (Å²) in [6, 6.07) is -1.37. The minimum Gasteiger partial charge on any atom is -0.481 e. The SMILES string of the molecule is NC(=O)CN1C(=O)[C@@H]2CN(C(=O)CC3(CC(=O)O)CCCC3)CCN2C1=O. The molecule has 1 aliphatic carbocycles. The second-order valence-corrected chi connectivity index (χ2v) is 7.68. The summed E-state index contributed by atoms with van der Waals surface area (Å²) < 4.78 is 0. The molecule has 1 atom stereocenters. The summed E-state index contributed by atoms with van der Waals surface area (Å²) in [4.78, 5) is 63.5. The van der Waals surface area contributed by atoms with E-state index in [0.717, 1.165) is 17.7 Å². The smallest absolute Gasteiger partial charge is 0.328 e. The topological polar surface area (TPSA) is 141 Å². The van der Waals surface area contributed by atoms with Gasteiger partial charge in [0.1, 0.15) is 12.6 Å². The van der Waals surface area contributed by atoms with Crippen LogP contribution in [-0.2, 0) is 19.2 Å². The summed E-state index contributed by atoms with van der Waals surface area (Å²) >= 11 is 0. The first kappa shape index (κ1) is 19.1. The van der Waals surface area contributed by atoms with Gasteiger partial charge in [0.25, 0.3) is 5.91 Å². The minimum atomic E-state index is -0.909. The van der Waals surface area contributed by atoms with Crippen LogP contribution in [0.5, 0.6) is 0 Å². The van der Waals surface area contributed by atoms with E-state index in [1.54, 1.807) is 0 Å². The molecule has 0 aromatic carbocycles. The van der Waals surface area contributed by atoms with Crippen molar-refractivity contribution < 1.29 is 29.1 Å². The number of hydrogen-bond donors (Lipinski definition) is 2. The van der Waals surface area contributed by atoms with Gasteiger partial charge in [-0.3, -0.25) is 24.1 Å². The first-order valence-electron chi connectivity index (χ1n) is 9.12. The average Bonchev–Trinajstić information content (AvgIpc) is 3.12. The maximum atomic E-state index is 12.8. The van der Waals surface area contributed by atoms with Crippen molar-refractivity contribution in [3.63, 3.8) is 0 Å². The normalized spacial score (nSPS) is 24.3. The summed E-state index contributed by atoms with van der Waals surface area (Å²) in [5.41, 5.74) is 4.57. The number of carbonyl (C=O) groups excluding carboxylic acids is 4. The quantitative estimate of drug-likeness (QED) is 0.588. The van der Waals surface area contributed by atoms with Gasteiger partial charge >= 0.3 is 12.0 Å². The highest BCUT2D eigenvalue weighted by atomic mass is 16.4. The summed E-state index contributed by atoms with van der Waals surface area (Å²) in [7, 11) is 0. The van der Waals surface area contributed by atoms with E-state index in [2.05, 4.69) is 0 Å². The van der Waals surface area contributed by atoms with Gasteiger partial charge in [-0.1, -0.05) is 12.8 Å². The molecule has 3 rings (SSSR count). The molecule has 1 saturated carbocycles. The molecule has 3 N–H and O–H groups in total. The number of nitrogens with two attached hydrogens (primary N) is 1. The number of fused-ring (bicyclic) bond motifs is 1. The van der Waals surface area contributed by atoms with Crippen LogP contribution >= 0.6 is 0 Å². The monoisotopic (exact) mass is 380 g/mol. The van der Waals surface area contributed by atoms with E-state index >= 15 is 0 Å². The Kier molecular flexibility index (Phi) is 5.07. The Morgan fingerprint density at radius 2 is 1.78 bits per heavy atom. The third kappa shape index (κ3) is 3.74. The van der Waals surface area contributed by atoms with Crippen LogP contribution in [0, 0.1) is 5.41 Å². The molecule has 3 fully saturated rings.